The summed E-state index contributed by atoms with van der Waals surface area (Å²) in [6, 6.07) is 0. The molecule has 2 bridgehead atoms. The van der Waals surface area contributed by atoms with Crippen molar-refractivity contribution in [3.8, 4) is 0 Å². The molecule has 0 radical (unpaired) electrons. The lowest BCUT2D eigenvalue weighted by atomic mass is 9.52. The van der Waals surface area contributed by atoms with Crippen molar-refractivity contribution in [3.63, 3.8) is 0 Å². The van der Waals surface area contributed by atoms with Crippen molar-refractivity contribution >= 4 is 5.78 Å². The number of ether oxygens (including phenoxy) is 3. The van der Waals surface area contributed by atoms with Gasteiger partial charge in [-0.15, -0.1) is 0 Å². The smallest absolute Gasteiger partial charge is 0.175 e. The molecule has 3 saturated heterocycles. The van der Waals surface area contributed by atoms with Crippen molar-refractivity contribution in [2.75, 3.05) is 0 Å². The van der Waals surface area contributed by atoms with Gasteiger partial charge < -0.3 is 19.3 Å². The fraction of sp³-hybridized carbons (Fsp3) is 0.967. The number of Topliss-reactive ketones (excluding diaryl/α,β-unsaturated/α-hetero) is 1. The van der Waals surface area contributed by atoms with E-state index >= 15 is 0 Å². The molecule has 5 nitrogen and oxygen atoms in total. The summed E-state index contributed by atoms with van der Waals surface area (Å²) in [5.41, 5.74) is -2.35. The number of rotatable bonds is 3. The van der Waals surface area contributed by atoms with Gasteiger partial charge in [0.15, 0.2) is 11.6 Å². The standard InChI is InChI=1S/C30H50O5/c1-19-11-18-30-27(7,16-14-23(34-30)26(5,6)35-30)21(19)12-17-29(32)20(2)9-10-24-28(29,8)15-13-22(31)25(3,4)33-24/h19-21,23-24,32H,9-18H2,1-8H3. The number of hydrogen-bond acceptors (Lipinski definition) is 5. The molecule has 3 heterocycles. The normalized spacial score (nSPS) is 52.9. The molecule has 0 aromatic heterocycles. The molecular formula is C30H50O5. The maximum absolute atomic E-state index is 12.9. The van der Waals surface area contributed by atoms with Crippen molar-refractivity contribution in [1.29, 1.82) is 0 Å². The molecule has 1 spiro atoms. The first kappa shape index (κ1) is 26.1. The molecule has 3 aliphatic heterocycles. The van der Waals surface area contributed by atoms with E-state index in [1.54, 1.807) is 0 Å². The molecule has 5 aliphatic rings. The van der Waals surface area contributed by atoms with Gasteiger partial charge in [-0.3, -0.25) is 4.79 Å². The Bertz CT molecular complexity index is 867. The minimum Gasteiger partial charge on any atom is -0.389 e. The number of hydrogen-bond donors (Lipinski definition) is 1. The number of ketones is 1. The first-order chi connectivity index (χ1) is 16.1. The van der Waals surface area contributed by atoms with Crippen LogP contribution in [0, 0.1) is 28.6 Å². The third-order valence-electron chi connectivity index (χ3n) is 12.0. The molecule has 35 heavy (non-hydrogen) atoms. The maximum Gasteiger partial charge on any atom is 0.175 e. The molecule has 0 aromatic rings. The molecule has 2 saturated carbocycles. The number of fused-ring (bicyclic) bond motifs is 2. The molecule has 0 aromatic carbocycles. The molecule has 5 rings (SSSR count). The van der Waals surface area contributed by atoms with Crippen molar-refractivity contribution < 1.29 is 24.1 Å². The SMILES string of the molecule is CC1CCC23OC(CCC2(C)C1CCC1(O)C(C)CCC2OC(C)(C)C(=O)CCC21C)C(C)(C)O3. The van der Waals surface area contributed by atoms with E-state index in [9.17, 15) is 9.90 Å². The van der Waals surface area contributed by atoms with Crippen molar-refractivity contribution in [3.05, 3.63) is 0 Å². The zero-order valence-corrected chi connectivity index (χ0v) is 23.5. The van der Waals surface area contributed by atoms with E-state index in [4.69, 9.17) is 14.2 Å². The van der Waals surface area contributed by atoms with E-state index in [2.05, 4.69) is 41.5 Å². The highest BCUT2D eigenvalue weighted by Gasteiger charge is 2.68. The van der Waals surface area contributed by atoms with Crippen LogP contribution in [0.3, 0.4) is 0 Å². The molecule has 9 atom stereocenters. The highest BCUT2D eigenvalue weighted by molar-refractivity contribution is 5.86. The Kier molecular flexibility index (Phi) is 5.98. The lowest BCUT2D eigenvalue weighted by Gasteiger charge is -2.59. The quantitative estimate of drug-likeness (QED) is 0.510. The largest absolute Gasteiger partial charge is 0.389 e. The second-order valence-electron chi connectivity index (χ2n) is 14.5. The maximum atomic E-state index is 12.9. The lowest BCUT2D eigenvalue weighted by molar-refractivity contribution is -0.310. The number of aliphatic hydroxyl groups is 1. The van der Waals surface area contributed by atoms with Gasteiger partial charge >= 0.3 is 0 Å². The summed E-state index contributed by atoms with van der Waals surface area (Å²) in [6.45, 7) is 17.4. The summed E-state index contributed by atoms with van der Waals surface area (Å²) in [5, 5.41) is 12.5. The van der Waals surface area contributed by atoms with Crippen LogP contribution < -0.4 is 0 Å². The molecule has 5 heteroatoms. The van der Waals surface area contributed by atoms with Crippen LogP contribution >= 0.6 is 0 Å². The fourth-order valence-corrected chi connectivity index (χ4v) is 9.25. The van der Waals surface area contributed by atoms with Crippen LogP contribution in [0.2, 0.25) is 0 Å². The van der Waals surface area contributed by atoms with Crippen molar-refractivity contribution in [1.82, 2.24) is 0 Å². The summed E-state index contributed by atoms with van der Waals surface area (Å²) >= 11 is 0. The first-order valence-corrected chi connectivity index (χ1v) is 14.4. The summed E-state index contributed by atoms with van der Waals surface area (Å²) in [6.07, 6.45) is 9.04. The van der Waals surface area contributed by atoms with Gasteiger partial charge in [-0.2, -0.15) is 0 Å². The Morgan fingerprint density at radius 3 is 2.29 bits per heavy atom. The first-order valence-electron chi connectivity index (χ1n) is 14.4. The van der Waals surface area contributed by atoms with Crippen LogP contribution in [0.15, 0.2) is 0 Å². The van der Waals surface area contributed by atoms with E-state index in [0.717, 1.165) is 51.4 Å². The summed E-state index contributed by atoms with van der Waals surface area (Å²) in [4.78, 5) is 12.9. The molecule has 2 aliphatic carbocycles. The van der Waals surface area contributed by atoms with Gasteiger partial charge in [-0.05, 0) is 96.8 Å². The van der Waals surface area contributed by atoms with Crippen LogP contribution in [-0.2, 0) is 19.0 Å². The van der Waals surface area contributed by atoms with E-state index < -0.39 is 22.4 Å². The zero-order chi connectivity index (χ0) is 25.7. The average Bonchev–Trinajstić information content (AvgIpc) is 2.95. The molecule has 1 N–H and O–H groups in total. The highest BCUT2D eigenvalue weighted by Crippen LogP contribution is 2.65. The molecule has 9 unspecified atom stereocenters. The fourth-order valence-electron chi connectivity index (χ4n) is 9.25. The van der Waals surface area contributed by atoms with Crippen LogP contribution in [-0.4, -0.2) is 45.7 Å². The second kappa shape index (κ2) is 8.01. The van der Waals surface area contributed by atoms with E-state index in [-0.39, 0.29) is 34.9 Å². The van der Waals surface area contributed by atoms with Crippen molar-refractivity contribution in [2.24, 2.45) is 28.6 Å². The molecule has 0 amide bonds. The summed E-state index contributed by atoms with van der Waals surface area (Å²) in [7, 11) is 0. The van der Waals surface area contributed by atoms with E-state index in [0.29, 0.717) is 24.7 Å². The van der Waals surface area contributed by atoms with Gasteiger partial charge in [0.2, 0.25) is 0 Å². The topological polar surface area (TPSA) is 65.0 Å². The van der Waals surface area contributed by atoms with Gasteiger partial charge in [0.25, 0.3) is 0 Å². The van der Waals surface area contributed by atoms with Crippen LogP contribution in [0.5, 0.6) is 0 Å². The predicted molar refractivity (Wildman–Crippen MR) is 136 cm³/mol. The molecular weight excluding hydrogens is 440 g/mol. The Labute approximate surface area is 213 Å². The Morgan fingerprint density at radius 1 is 0.857 bits per heavy atom. The third kappa shape index (κ3) is 3.57. The lowest BCUT2D eigenvalue weighted by Crippen LogP contribution is -2.62. The predicted octanol–water partition coefficient (Wildman–Crippen LogP) is 6.20. The average molecular weight is 491 g/mol. The highest BCUT2D eigenvalue weighted by atomic mass is 16.8. The van der Waals surface area contributed by atoms with Gasteiger partial charge in [0.1, 0.15) is 5.60 Å². The summed E-state index contributed by atoms with van der Waals surface area (Å²) < 4.78 is 20.0. The monoisotopic (exact) mass is 490 g/mol. The third-order valence-corrected chi connectivity index (χ3v) is 12.0. The van der Waals surface area contributed by atoms with Crippen LogP contribution in [0.25, 0.3) is 0 Å². The summed E-state index contributed by atoms with van der Waals surface area (Å²) in [5.74, 6) is 0.837. The second-order valence-corrected chi connectivity index (χ2v) is 14.5. The minimum atomic E-state index is -0.856. The number of carbonyl (C=O) groups is 1. The van der Waals surface area contributed by atoms with Gasteiger partial charge in [-0.25, -0.2) is 0 Å². The van der Waals surface area contributed by atoms with Gasteiger partial charge in [-0.1, -0.05) is 27.7 Å². The Hall–Kier alpha value is -0.490. The van der Waals surface area contributed by atoms with Gasteiger partial charge in [0.05, 0.1) is 23.4 Å². The van der Waals surface area contributed by atoms with E-state index in [1.165, 1.54) is 0 Å². The molecule has 200 valence electrons. The minimum absolute atomic E-state index is 0.0541. The zero-order valence-electron chi connectivity index (χ0n) is 23.5. The van der Waals surface area contributed by atoms with Gasteiger partial charge in [0, 0.05) is 23.7 Å². The van der Waals surface area contributed by atoms with Crippen LogP contribution in [0.4, 0.5) is 0 Å². The molecule has 5 fully saturated rings. The Balaban J connectivity index is 1.43. The van der Waals surface area contributed by atoms with E-state index in [1.807, 2.05) is 13.8 Å². The number of carbonyl (C=O) groups excluding carboxylic acids is 1. The Morgan fingerprint density at radius 2 is 1.57 bits per heavy atom. The van der Waals surface area contributed by atoms with Crippen LogP contribution in [0.1, 0.15) is 120 Å². The van der Waals surface area contributed by atoms with Crippen molar-refractivity contribution in [2.45, 2.75) is 154 Å².